The van der Waals surface area contributed by atoms with Crippen molar-refractivity contribution in [2.24, 2.45) is 0 Å². The molecule has 3 rings (SSSR count). The Labute approximate surface area is 140 Å². The van der Waals surface area contributed by atoms with E-state index in [4.69, 9.17) is 4.74 Å². The highest BCUT2D eigenvalue weighted by Crippen LogP contribution is 2.17. The van der Waals surface area contributed by atoms with Crippen molar-refractivity contribution in [2.45, 2.75) is 19.5 Å². The summed E-state index contributed by atoms with van der Waals surface area (Å²) in [6, 6.07) is 14.9. The Kier molecular flexibility index (Phi) is 4.65. The van der Waals surface area contributed by atoms with E-state index in [1.807, 2.05) is 55.5 Å². The lowest BCUT2D eigenvalue weighted by molar-refractivity contribution is 0.237. The van der Waals surface area contributed by atoms with Crippen molar-refractivity contribution in [3.63, 3.8) is 0 Å². The van der Waals surface area contributed by atoms with E-state index in [1.54, 1.807) is 7.11 Å². The second-order valence-electron chi connectivity index (χ2n) is 5.50. The van der Waals surface area contributed by atoms with Gasteiger partial charge in [0, 0.05) is 12.1 Å². The third-order valence-corrected chi connectivity index (χ3v) is 3.80. The van der Waals surface area contributed by atoms with Crippen molar-refractivity contribution in [1.82, 2.24) is 20.6 Å². The minimum absolute atomic E-state index is 0.227. The SMILES string of the molecule is COc1ccccc1CNC(=O)NC(C)c1nc2ccccc2[nH]1. The fourth-order valence-electron chi connectivity index (χ4n) is 2.52. The molecule has 0 radical (unpaired) electrons. The molecule has 0 saturated carbocycles. The van der Waals surface area contributed by atoms with Gasteiger partial charge in [-0.05, 0) is 25.1 Å². The van der Waals surface area contributed by atoms with E-state index < -0.39 is 0 Å². The van der Waals surface area contributed by atoms with Gasteiger partial charge in [0.05, 0.1) is 24.2 Å². The molecule has 0 aliphatic carbocycles. The second-order valence-corrected chi connectivity index (χ2v) is 5.50. The molecule has 1 heterocycles. The van der Waals surface area contributed by atoms with E-state index in [9.17, 15) is 4.79 Å². The number of aromatic amines is 1. The lowest BCUT2D eigenvalue weighted by atomic mass is 10.2. The van der Waals surface area contributed by atoms with E-state index in [0.717, 1.165) is 28.2 Å². The first-order chi connectivity index (χ1) is 11.7. The Hall–Kier alpha value is -3.02. The quantitative estimate of drug-likeness (QED) is 0.674. The number of hydrogen-bond donors (Lipinski definition) is 3. The summed E-state index contributed by atoms with van der Waals surface area (Å²) < 4.78 is 5.28. The molecule has 3 N–H and O–H groups in total. The van der Waals surface area contributed by atoms with Crippen LogP contribution in [0.2, 0.25) is 0 Å². The predicted molar refractivity (Wildman–Crippen MR) is 92.9 cm³/mol. The number of methoxy groups -OCH3 is 1. The number of urea groups is 1. The van der Waals surface area contributed by atoms with Crippen molar-refractivity contribution in [2.75, 3.05) is 7.11 Å². The van der Waals surface area contributed by atoms with E-state index in [2.05, 4.69) is 20.6 Å². The number of aromatic nitrogens is 2. The molecule has 1 aromatic heterocycles. The van der Waals surface area contributed by atoms with Crippen LogP contribution in [-0.2, 0) is 6.54 Å². The lowest BCUT2D eigenvalue weighted by Gasteiger charge is -2.13. The van der Waals surface area contributed by atoms with Crippen molar-refractivity contribution in [3.05, 3.63) is 59.9 Å². The zero-order valence-electron chi connectivity index (χ0n) is 13.7. The monoisotopic (exact) mass is 324 g/mol. The van der Waals surface area contributed by atoms with Crippen LogP contribution in [0.4, 0.5) is 4.79 Å². The molecule has 2 amide bonds. The second kappa shape index (κ2) is 7.04. The number of amides is 2. The van der Waals surface area contributed by atoms with Gasteiger partial charge in [0.25, 0.3) is 0 Å². The van der Waals surface area contributed by atoms with Crippen LogP contribution >= 0.6 is 0 Å². The highest BCUT2D eigenvalue weighted by atomic mass is 16.5. The van der Waals surface area contributed by atoms with Gasteiger partial charge in [0.2, 0.25) is 0 Å². The highest BCUT2D eigenvalue weighted by Gasteiger charge is 2.13. The summed E-state index contributed by atoms with van der Waals surface area (Å²) in [6.45, 7) is 2.28. The van der Waals surface area contributed by atoms with E-state index >= 15 is 0 Å². The number of carbonyl (C=O) groups is 1. The largest absolute Gasteiger partial charge is 0.496 e. The Morgan fingerprint density at radius 2 is 1.96 bits per heavy atom. The van der Waals surface area contributed by atoms with Crippen LogP contribution in [0.15, 0.2) is 48.5 Å². The first-order valence-electron chi connectivity index (χ1n) is 7.78. The summed E-state index contributed by atoms with van der Waals surface area (Å²) in [7, 11) is 1.61. The van der Waals surface area contributed by atoms with Gasteiger partial charge in [-0.1, -0.05) is 30.3 Å². The topological polar surface area (TPSA) is 79.0 Å². The van der Waals surface area contributed by atoms with Gasteiger partial charge in [0.1, 0.15) is 11.6 Å². The summed E-state index contributed by atoms with van der Waals surface area (Å²) in [5.74, 6) is 1.48. The summed E-state index contributed by atoms with van der Waals surface area (Å²) >= 11 is 0. The molecule has 2 aromatic carbocycles. The minimum atomic E-state index is -0.256. The Morgan fingerprint density at radius 3 is 2.75 bits per heavy atom. The number of hydrogen-bond acceptors (Lipinski definition) is 3. The molecule has 1 atom stereocenters. The maximum atomic E-state index is 12.1. The number of H-pyrrole nitrogens is 1. The van der Waals surface area contributed by atoms with Crippen molar-refractivity contribution >= 4 is 17.1 Å². The molecule has 0 bridgehead atoms. The number of imidazole rings is 1. The fraction of sp³-hybridized carbons (Fsp3) is 0.222. The molecule has 0 aliphatic heterocycles. The molecule has 6 heteroatoms. The van der Waals surface area contributed by atoms with Gasteiger partial charge in [-0.25, -0.2) is 9.78 Å². The average Bonchev–Trinajstić information content (AvgIpc) is 3.04. The number of rotatable bonds is 5. The van der Waals surface area contributed by atoms with Crippen LogP contribution in [0.5, 0.6) is 5.75 Å². The van der Waals surface area contributed by atoms with Gasteiger partial charge < -0.3 is 20.4 Å². The van der Waals surface area contributed by atoms with Crippen LogP contribution in [0.25, 0.3) is 11.0 Å². The van der Waals surface area contributed by atoms with E-state index in [0.29, 0.717) is 6.54 Å². The third kappa shape index (κ3) is 3.48. The number of fused-ring (bicyclic) bond motifs is 1. The molecule has 1 unspecified atom stereocenters. The first kappa shape index (κ1) is 15.9. The molecule has 0 aliphatic rings. The zero-order valence-corrected chi connectivity index (χ0v) is 13.7. The Balaban J connectivity index is 1.60. The van der Waals surface area contributed by atoms with Gasteiger partial charge in [-0.15, -0.1) is 0 Å². The normalized spacial score (nSPS) is 11.9. The predicted octanol–water partition coefficient (Wildman–Crippen LogP) is 3.13. The lowest BCUT2D eigenvalue weighted by Crippen LogP contribution is -2.37. The van der Waals surface area contributed by atoms with E-state index in [1.165, 1.54) is 0 Å². The molecule has 0 saturated heterocycles. The molecular formula is C18H20N4O2. The summed E-state index contributed by atoms with van der Waals surface area (Å²) in [5, 5.41) is 5.72. The summed E-state index contributed by atoms with van der Waals surface area (Å²) in [5.41, 5.74) is 2.76. The molecule has 0 spiro atoms. The van der Waals surface area contributed by atoms with Gasteiger partial charge in [-0.3, -0.25) is 0 Å². The van der Waals surface area contributed by atoms with Crippen molar-refractivity contribution in [3.8, 4) is 5.75 Å². The van der Waals surface area contributed by atoms with Crippen LogP contribution in [0.1, 0.15) is 24.4 Å². The first-order valence-corrected chi connectivity index (χ1v) is 7.78. The van der Waals surface area contributed by atoms with Gasteiger partial charge in [0.15, 0.2) is 0 Å². The molecular weight excluding hydrogens is 304 g/mol. The maximum absolute atomic E-state index is 12.1. The van der Waals surface area contributed by atoms with Crippen molar-refractivity contribution < 1.29 is 9.53 Å². The molecule has 124 valence electrons. The summed E-state index contributed by atoms with van der Waals surface area (Å²) in [4.78, 5) is 19.8. The van der Waals surface area contributed by atoms with Crippen LogP contribution in [-0.4, -0.2) is 23.1 Å². The Bertz CT molecular complexity index is 811. The minimum Gasteiger partial charge on any atom is -0.496 e. The van der Waals surface area contributed by atoms with Crippen LogP contribution in [0.3, 0.4) is 0 Å². The molecule has 6 nitrogen and oxygen atoms in total. The number of nitrogens with zero attached hydrogens (tertiary/aromatic N) is 1. The maximum Gasteiger partial charge on any atom is 0.315 e. The zero-order chi connectivity index (χ0) is 16.9. The summed E-state index contributed by atoms with van der Waals surface area (Å²) in [6.07, 6.45) is 0. The molecule has 0 fully saturated rings. The number of nitrogens with one attached hydrogen (secondary N) is 3. The van der Waals surface area contributed by atoms with E-state index in [-0.39, 0.29) is 12.1 Å². The third-order valence-electron chi connectivity index (χ3n) is 3.80. The molecule has 3 aromatic rings. The average molecular weight is 324 g/mol. The fourth-order valence-corrected chi connectivity index (χ4v) is 2.52. The number of carbonyl (C=O) groups excluding carboxylic acids is 1. The van der Waals surface area contributed by atoms with Crippen molar-refractivity contribution in [1.29, 1.82) is 0 Å². The number of para-hydroxylation sites is 3. The number of benzene rings is 2. The molecule has 24 heavy (non-hydrogen) atoms. The number of ether oxygens (including phenoxy) is 1. The van der Waals surface area contributed by atoms with Crippen LogP contribution in [0, 0.1) is 0 Å². The van der Waals surface area contributed by atoms with Crippen LogP contribution < -0.4 is 15.4 Å². The van der Waals surface area contributed by atoms with Gasteiger partial charge in [-0.2, -0.15) is 0 Å². The smallest absolute Gasteiger partial charge is 0.315 e. The highest BCUT2D eigenvalue weighted by molar-refractivity contribution is 5.76. The van der Waals surface area contributed by atoms with Gasteiger partial charge >= 0.3 is 6.03 Å². The Morgan fingerprint density at radius 1 is 1.21 bits per heavy atom. The standard InChI is InChI=1S/C18H20N4O2/c1-12(17-21-14-8-4-5-9-15(14)22-17)20-18(23)19-11-13-7-3-6-10-16(13)24-2/h3-10,12H,11H2,1-2H3,(H,21,22)(H2,19,20,23).